The molecule has 3 aromatic carbocycles. The maximum Gasteiger partial charge on any atom is 0.273 e. The number of benzene rings is 3. The summed E-state index contributed by atoms with van der Waals surface area (Å²) in [4.78, 5) is 27.8. The van der Waals surface area contributed by atoms with Gasteiger partial charge < -0.3 is 9.73 Å². The van der Waals surface area contributed by atoms with Gasteiger partial charge in [-0.3, -0.25) is 14.9 Å². The fraction of sp³-hybridized carbons (Fsp3) is 0.0909. The lowest BCUT2D eigenvalue weighted by Gasteiger charge is -2.09. The molecule has 0 saturated carbocycles. The third-order valence-electron chi connectivity index (χ3n) is 4.67. The van der Waals surface area contributed by atoms with Crippen LogP contribution in [0.2, 0.25) is 5.02 Å². The van der Waals surface area contributed by atoms with E-state index < -0.39 is 10.8 Å². The number of halogens is 1. The van der Waals surface area contributed by atoms with Crippen molar-refractivity contribution in [2.75, 3.05) is 5.32 Å². The van der Waals surface area contributed by atoms with Gasteiger partial charge in [-0.2, -0.15) is 0 Å². The number of nitrogens with one attached hydrogen (secondary N) is 1. The zero-order valence-electron chi connectivity index (χ0n) is 16.1. The lowest BCUT2D eigenvalue weighted by atomic mass is 10.1. The average Bonchev–Trinajstić information content (AvgIpc) is 3.12. The number of anilines is 1. The Kier molecular flexibility index (Phi) is 4.97. The van der Waals surface area contributed by atoms with Crippen molar-refractivity contribution in [2.24, 2.45) is 0 Å². The summed E-state index contributed by atoms with van der Waals surface area (Å²) in [5, 5.41) is 14.2. The van der Waals surface area contributed by atoms with Crippen LogP contribution in [0.3, 0.4) is 0 Å². The monoisotopic (exact) mass is 421 g/mol. The molecule has 1 N–H and O–H groups in total. The molecular weight excluding hydrogens is 406 g/mol. The van der Waals surface area contributed by atoms with Gasteiger partial charge in [-0.25, -0.2) is 4.98 Å². The van der Waals surface area contributed by atoms with Crippen LogP contribution in [0.4, 0.5) is 11.4 Å². The molecule has 1 amide bonds. The van der Waals surface area contributed by atoms with E-state index in [1.807, 2.05) is 25.1 Å². The predicted octanol–water partition coefficient (Wildman–Crippen LogP) is 5.93. The summed E-state index contributed by atoms with van der Waals surface area (Å²) in [6.45, 7) is 3.58. The van der Waals surface area contributed by atoms with Crippen LogP contribution in [0, 0.1) is 24.0 Å². The van der Waals surface area contributed by atoms with Gasteiger partial charge in [0.15, 0.2) is 5.58 Å². The van der Waals surface area contributed by atoms with Crippen LogP contribution < -0.4 is 5.32 Å². The Morgan fingerprint density at radius 1 is 1.10 bits per heavy atom. The minimum absolute atomic E-state index is 0.121. The van der Waals surface area contributed by atoms with Crippen molar-refractivity contribution in [1.29, 1.82) is 0 Å². The summed E-state index contributed by atoms with van der Waals surface area (Å²) < 4.78 is 5.81. The van der Waals surface area contributed by atoms with E-state index in [0.29, 0.717) is 33.3 Å². The molecule has 4 rings (SSSR count). The first kappa shape index (κ1) is 19.6. The van der Waals surface area contributed by atoms with Gasteiger partial charge in [0.2, 0.25) is 5.89 Å². The SMILES string of the molecule is Cc1ccc2oc(-c3ccc(Cl)c(NC(=O)c4ccc(C)c([N+](=O)[O-])c4)c3)nc2c1. The molecule has 0 spiro atoms. The summed E-state index contributed by atoms with van der Waals surface area (Å²) in [6, 6.07) is 15.0. The van der Waals surface area contributed by atoms with Gasteiger partial charge >= 0.3 is 0 Å². The summed E-state index contributed by atoms with van der Waals surface area (Å²) in [7, 11) is 0. The minimum atomic E-state index is -0.519. The van der Waals surface area contributed by atoms with Crippen LogP contribution in [-0.4, -0.2) is 15.8 Å². The van der Waals surface area contributed by atoms with Crippen molar-refractivity contribution in [2.45, 2.75) is 13.8 Å². The second-order valence-corrected chi connectivity index (χ2v) is 7.30. The van der Waals surface area contributed by atoms with Gasteiger partial charge in [-0.1, -0.05) is 23.7 Å². The van der Waals surface area contributed by atoms with Gasteiger partial charge in [-0.15, -0.1) is 0 Å². The van der Waals surface area contributed by atoms with Crippen LogP contribution in [0.25, 0.3) is 22.6 Å². The molecule has 0 aliphatic carbocycles. The number of fused-ring (bicyclic) bond motifs is 1. The van der Waals surface area contributed by atoms with Crippen molar-refractivity contribution in [3.63, 3.8) is 0 Å². The fourth-order valence-electron chi connectivity index (χ4n) is 3.06. The highest BCUT2D eigenvalue weighted by atomic mass is 35.5. The number of hydrogen-bond acceptors (Lipinski definition) is 5. The van der Waals surface area contributed by atoms with E-state index in [9.17, 15) is 14.9 Å². The van der Waals surface area contributed by atoms with Crippen LogP contribution >= 0.6 is 11.6 Å². The number of aryl methyl sites for hydroxylation is 2. The topological polar surface area (TPSA) is 98.3 Å². The molecule has 150 valence electrons. The van der Waals surface area contributed by atoms with E-state index in [2.05, 4.69) is 10.3 Å². The molecule has 0 atom stereocenters. The minimum Gasteiger partial charge on any atom is -0.436 e. The average molecular weight is 422 g/mol. The lowest BCUT2D eigenvalue weighted by molar-refractivity contribution is -0.385. The summed E-state index contributed by atoms with van der Waals surface area (Å²) >= 11 is 6.25. The van der Waals surface area contributed by atoms with E-state index in [4.69, 9.17) is 16.0 Å². The van der Waals surface area contributed by atoms with Crippen LogP contribution in [0.1, 0.15) is 21.5 Å². The molecule has 0 bridgehead atoms. The van der Waals surface area contributed by atoms with Gasteiger partial charge in [-0.05, 0) is 55.8 Å². The number of rotatable bonds is 4. The second-order valence-electron chi connectivity index (χ2n) is 6.90. The highest BCUT2D eigenvalue weighted by Crippen LogP contribution is 2.31. The maximum absolute atomic E-state index is 12.6. The van der Waals surface area contributed by atoms with E-state index in [1.54, 1.807) is 25.1 Å². The molecule has 0 aliphatic heterocycles. The first-order valence-electron chi connectivity index (χ1n) is 9.05. The van der Waals surface area contributed by atoms with E-state index in [0.717, 1.165) is 11.1 Å². The number of nitro groups is 1. The number of carbonyl (C=O) groups is 1. The Labute approximate surface area is 176 Å². The highest BCUT2D eigenvalue weighted by molar-refractivity contribution is 6.34. The summed E-state index contributed by atoms with van der Waals surface area (Å²) in [6.07, 6.45) is 0. The quantitative estimate of drug-likeness (QED) is 0.325. The normalized spacial score (nSPS) is 10.9. The molecule has 8 heteroatoms. The van der Waals surface area contributed by atoms with E-state index >= 15 is 0 Å². The van der Waals surface area contributed by atoms with Gasteiger partial charge in [0.25, 0.3) is 11.6 Å². The summed E-state index contributed by atoms with van der Waals surface area (Å²) in [5.41, 5.74) is 3.96. The van der Waals surface area contributed by atoms with Crippen molar-refractivity contribution in [3.8, 4) is 11.5 Å². The molecule has 7 nitrogen and oxygen atoms in total. The zero-order chi connectivity index (χ0) is 21.4. The zero-order valence-corrected chi connectivity index (χ0v) is 16.9. The Morgan fingerprint density at radius 2 is 1.90 bits per heavy atom. The standard InChI is InChI=1S/C22H16ClN3O4/c1-12-3-8-20-18(9-12)25-22(30-20)15-6-7-16(23)17(10-15)24-21(27)14-5-4-13(2)19(11-14)26(28)29/h3-11H,1-2H3,(H,24,27). The molecule has 0 unspecified atom stereocenters. The number of aromatic nitrogens is 1. The predicted molar refractivity (Wildman–Crippen MR) is 115 cm³/mol. The van der Waals surface area contributed by atoms with Crippen LogP contribution in [0.5, 0.6) is 0 Å². The highest BCUT2D eigenvalue weighted by Gasteiger charge is 2.17. The Balaban J connectivity index is 1.65. The molecule has 4 aromatic rings. The van der Waals surface area contributed by atoms with Gasteiger partial charge in [0.1, 0.15) is 5.52 Å². The largest absolute Gasteiger partial charge is 0.436 e. The molecule has 0 fully saturated rings. The number of carbonyl (C=O) groups excluding carboxylic acids is 1. The Bertz CT molecular complexity index is 1310. The number of amides is 1. The van der Waals surface area contributed by atoms with Crippen molar-refractivity contribution in [1.82, 2.24) is 4.98 Å². The third kappa shape index (κ3) is 3.75. The van der Waals surface area contributed by atoms with Crippen LogP contribution in [-0.2, 0) is 0 Å². The second kappa shape index (κ2) is 7.61. The lowest BCUT2D eigenvalue weighted by Crippen LogP contribution is -2.12. The summed E-state index contributed by atoms with van der Waals surface area (Å²) in [5.74, 6) is -0.112. The van der Waals surface area contributed by atoms with Crippen molar-refractivity contribution >= 4 is 40.0 Å². The van der Waals surface area contributed by atoms with Gasteiger partial charge in [0.05, 0.1) is 15.6 Å². The molecular formula is C22H16ClN3O4. The van der Waals surface area contributed by atoms with E-state index in [-0.39, 0.29) is 11.3 Å². The maximum atomic E-state index is 12.6. The number of hydrogen-bond donors (Lipinski definition) is 1. The molecule has 0 saturated heterocycles. The molecule has 1 aromatic heterocycles. The fourth-order valence-corrected chi connectivity index (χ4v) is 3.22. The molecule has 1 heterocycles. The van der Waals surface area contributed by atoms with Crippen molar-refractivity contribution in [3.05, 3.63) is 86.4 Å². The number of nitro benzene ring substituents is 1. The van der Waals surface area contributed by atoms with E-state index in [1.165, 1.54) is 18.2 Å². The molecule has 30 heavy (non-hydrogen) atoms. The van der Waals surface area contributed by atoms with Gasteiger partial charge in [0, 0.05) is 22.8 Å². The first-order chi connectivity index (χ1) is 14.3. The molecule has 0 aliphatic rings. The Hall–Kier alpha value is -3.71. The molecule has 0 radical (unpaired) electrons. The smallest absolute Gasteiger partial charge is 0.273 e. The third-order valence-corrected chi connectivity index (χ3v) is 5.00. The first-order valence-corrected chi connectivity index (χ1v) is 9.43. The Morgan fingerprint density at radius 3 is 2.67 bits per heavy atom. The van der Waals surface area contributed by atoms with Crippen molar-refractivity contribution < 1.29 is 14.1 Å². The number of oxazole rings is 1. The van der Waals surface area contributed by atoms with Crippen LogP contribution in [0.15, 0.2) is 59.0 Å². The number of nitrogens with zero attached hydrogens (tertiary/aromatic N) is 2.